The fourth-order valence-corrected chi connectivity index (χ4v) is 1.90. The van der Waals surface area contributed by atoms with Gasteiger partial charge in [-0.15, -0.1) is 0 Å². The van der Waals surface area contributed by atoms with E-state index in [2.05, 4.69) is 56.0 Å². The number of nitrogens with one attached hydrogen (secondary N) is 1. The smallest absolute Gasteiger partial charge is 0.0622 e. The van der Waals surface area contributed by atoms with Gasteiger partial charge in [0.1, 0.15) is 0 Å². The lowest BCUT2D eigenvalue weighted by Crippen LogP contribution is -2.01. The standard InChI is InChI=1S/C10H10BrIN2/c11-9-4-3-8(12)7-10(9)14-6-2-1-5-13/h3-4,7,14H,1-2,6H2. The van der Waals surface area contributed by atoms with Gasteiger partial charge in [0.2, 0.25) is 0 Å². The van der Waals surface area contributed by atoms with Crippen molar-refractivity contribution in [2.24, 2.45) is 0 Å². The normalized spacial score (nSPS) is 9.50. The van der Waals surface area contributed by atoms with E-state index in [1.807, 2.05) is 12.1 Å². The molecule has 0 aliphatic heterocycles. The van der Waals surface area contributed by atoms with Gasteiger partial charge in [0.15, 0.2) is 0 Å². The Morgan fingerprint density at radius 1 is 1.50 bits per heavy atom. The Kier molecular flexibility index (Phi) is 5.26. The summed E-state index contributed by atoms with van der Waals surface area (Å²) in [5.74, 6) is 0. The van der Waals surface area contributed by atoms with Crippen molar-refractivity contribution in [3.05, 3.63) is 26.2 Å². The zero-order chi connectivity index (χ0) is 10.4. The van der Waals surface area contributed by atoms with E-state index in [-0.39, 0.29) is 0 Å². The Hall–Kier alpha value is -0.280. The molecule has 0 saturated heterocycles. The lowest BCUT2D eigenvalue weighted by molar-refractivity contribution is 0.897. The van der Waals surface area contributed by atoms with Crippen molar-refractivity contribution in [2.75, 3.05) is 11.9 Å². The van der Waals surface area contributed by atoms with E-state index in [1.165, 1.54) is 3.57 Å². The first-order valence-electron chi connectivity index (χ1n) is 4.30. The molecule has 74 valence electrons. The Bertz CT molecular complexity index is 346. The number of hydrogen-bond donors (Lipinski definition) is 1. The van der Waals surface area contributed by atoms with Crippen LogP contribution in [0.4, 0.5) is 5.69 Å². The second-order valence-electron chi connectivity index (χ2n) is 2.81. The molecule has 0 aliphatic rings. The van der Waals surface area contributed by atoms with Crippen molar-refractivity contribution in [3.63, 3.8) is 0 Å². The fourth-order valence-electron chi connectivity index (χ4n) is 1.02. The van der Waals surface area contributed by atoms with Gasteiger partial charge >= 0.3 is 0 Å². The van der Waals surface area contributed by atoms with Crippen molar-refractivity contribution < 1.29 is 0 Å². The molecule has 0 unspecified atom stereocenters. The number of nitriles is 1. The average molecular weight is 365 g/mol. The molecule has 0 radical (unpaired) electrons. The molecule has 2 nitrogen and oxygen atoms in total. The minimum atomic E-state index is 0.606. The van der Waals surface area contributed by atoms with Crippen LogP contribution in [0.5, 0.6) is 0 Å². The molecule has 0 saturated carbocycles. The predicted molar refractivity (Wildman–Crippen MR) is 70.2 cm³/mol. The largest absolute Gasteiger partial charge is 0.384 e. The molecule has 4 heteroatoms. The third-order valence-electron chi connectivity index (χ3n) is 1.71. The third-order valence-corrected chi connectivity index (χ3v) is 3.07. The first-order chi connectivity index (χ1) is 6.74. The first-order valence-corrected chi connectivity index (χ1v) is 6.17. The highest BCUT2D eigenvalue weighted by Gasteiger charge is 1.98. The maximum atomic E-state index is 8.37. The molecule has 0 aromatic heterocycles. The van der Waals surface area contributed by atoms with E-state index >= 15 is 0 Å². The maximum absolute atomic E-state index is 8.37. The van der Waals surface area contributed by atoms with Crippen molar-refractivity contribution in [2.45, 2.75) is 12.8 Å². The molecular formula is C10H10BrIN2. The summed E-state index contributed by atoms with van der Waals surface area (Å²) in [6, 6.07) is 8.28. The van der Waals surface area contributed by atoms with Crippen LogP contribution in [0.3, 0.4) is 0 Å². The van der Waals surface area contributed by atoms with Crippen molar-refractivity contribution in [1.29, 1.82) is 5.26 Å². The maximum Gasteiger partial charge on any atom is 0.0622 e. The van der Waals surface area contributed by atoms with Crippen LogP contribution in [0.15, 0.2) is 22.7 Å². The Morgan fingerprint density at radius 2 is 2.29 bits per heavy atom. The number of rotatable bonds is 4. The first kappa shape index (κ1) is 11.8. The molecule has 0 bridgehead atoms. The highest BCUT2D eigenvalue weighted by atomic mass is 127. The lowest BCUT2D eigenvalue weighted by atomic mass is 10.3. The molecule has 0 heterocycles. The number of hydrogen-bond acceptors (Lipinski definition) is 2. The van der Waals surface area contributed by atoms with Gasteiger partial charge in [-0.1, -0.05) is 0 Å². The summed E-state index contributed by atoms with van der Waals surface area (Å²) in [5, 5.41) is 11.7. The molecule has 1 rings (SSSR count). The van der Waals surface area contributed by atoms with Crippen LogP contribution in [0.2, 0.25) is 0 Å². The van der Waals surface area contributed by atoms with Crippen LogP contribution >= 0.6 is 38.5 Å². The molecule has 14 heavy (non-hydrogen) atoms. The number of benzene rings is 1. The van der Waals surface area contributed by atoms with Gasteiger partial charge < -0.3 is 5.32 Å². The van der Waals surface area contributed by atoms with Gasteiger partial charge in [-0.3, -0.25) is 0 Å². The summed E-state index contributed by atoms with van der Waals surface area (Å²) in [4.78, 5) is 0. The van der Waals surface area contributed by atoms with Gasteiger partial charge in [-0.25, -0.2) is 0 Å². The van der Waals surface area contributed by atoms with E-state index in [1.54, 1.807) is 0 Å². The lowest BCUT2D eigenvalue weighted by Gasteiger charge is -2.07. The van der Waals surface area contributed by atoms with Crippen LogP contribution in [0, 0.1) is 14.9 Å². The SMILES string of the molecule is N#CCCCNc1cc(I)ccc1Br. The molecule has 1 aromatic rings. The molecule has 0 fully saturated rings. The van der Waals surface area contributed by atoms with E-state index in [0.717, 1.165) is 23.1 Å². The van der Waals surface area contributed by atoms with Crippen molar-refractivity contribution in [3.8, 4) is 6.07 Å². The average Bonchev–Trinajstić information content (AvgIpc) is 2.18. The van der Waals surface area contributed by atoms with Crippen LogP contribution in [-0.2, 0) is 0 Å². The van der Waals surface area contributed by atoms with Crippen molar-refractivity contribution >= 4 is 44.2 Å². The minimum absolute atomic E-state index is 0.606. The summed E-state index contributed by atoms with van der Waals surface area (Å²) in [6.45, 7) is 0.840. The molecule has 0 atom stereocenters. The number of unbranched alkanes of at least 4 members (excludes halogenated alkanes) is 1. The Balaban J connectivity index is 2.50. The molecule has 0 aliphatic carbocycles. The van der Waals surface area contributed by atoms with Crippen LogP contribution in [0.1, 0.15) is 12.8 Å². The second kappa shape index (κ2) is 6.25. The quantitative estimate of drug-likeness (QED) is 0.652. The van der Waals surface area contributed by atoms with Crippen LogP contribution in [0.25, 0.3) is 0 Å². The predicted octanol–water partition coefficient (Wildman–Crippen LogP) is 3.77. The monoisotopic (exact) mass is 364 g/mol. The minimum Gasteiger partial charge on any atom is -0.384 e. The summed E-state index contributed by atoms with van der Waals surface area (Å²) >= 11 is 5.75. The molecule has 1 aromatic carbocycles. The summed E-state index contributed by atoms with van der Waals surface area (Å²) in [7, 11) is 0. The van der Waals surface area contributed by atoms with Gasteiger partial charge in [0.25, 0.3) is 0 Å². The molecule has 0 amide bonds. The van der Waals surface area contributed by atoms with E-state index in [4.69, 9.17) is 5.26 Å². The summed E-state index contributed by atoms with van der Waals surface area (Å²) in [6.07, 6.45) is 1.49. The summed E-state index contributed by atoms with van der Waals surface area (Å²) < 4.78 is 2.27. The Morgan fingerprint density at radius 3 is 3.00 bits per heavy atom. The molecular weight excluding hydrogens is 355 g/mol. The fraction of sp³-hybridized carbons (Fsp3) is 0.300. The summed E-state index contributed by atoms with van der Waals surface area (Å²) in [5.41, 5.74) is 1.09. The van der Waals surface area contributed by atoms with Crippen LogP contribution < -0.4 is 5.32 Å². The van der Waals surface area contributed by atoms with Gasteiger partial charge in [0, 0.05) is 26.7 Å². The molecule has 1 N–H and O–H groups in total. The highest BCUT2D eigenvalue weighted by Crippen LogP contribution is 2.24. The van der Waals surface area contributed by atoms with Crippen molar-refractivity contribution in [1.82, 2.24) is 0 Å². The highest BCUT2D eigenvalue weighted by molar-refractivity contribution is 14.1. The van der Waals surface area contributed by atoms with E-state index in [0.29, 0.717) is 6.42 Å². The Labute approximate surface area is 106 Å². The van der Waals surface area contributed by atoms with E-state index in [9.17, 15) is 0 Å². The number of nitrogens with zero attached hydrogens (tertiary/aromatic N) is 1. The van der Waals surface area contributed by atoms with Gasteiger partial charge in [0.05, 0.1) is 6.07 Å². The molecule has 0 spiro atoms. The second-order valence-corrected chi connectivity index (χ2v) is 4.91. The zero-order valence-corrected chi connectivity index (χ0v) is 11.3. The topological polar surface area (TPSA) is 35.8 Å². The number of halogens is 2. The van der Waals surface area contributed by atoms with Gasteiger partial charge in [-0.05, 0) is 63.1 Å². The van der Waals surface area contributed by atoms with Crippen LogP contribution in [-0.4, -0.2) is 6.54 Å². The zero-order valence-electron chi connectivity index (χ0n) is 7.56. The van der Waals surface area contributed by atoms with E-state index < -0.39 is 0 Å². The third kappa shape index (κ3) is 3.84. The number of anilines is 1. The van der Waals surface area contributed by atoms with Gasteiger partial charge in [-0.2, -0.15) is 5.26 Å².